The highest BCUT2D eigenvalue weighted by Crippen LogP contribution is 2.27. The molecule has 21 heavy (non-hydrogen) atoms. The molecule has 5 heteroatoms. The Morgan fingerprint density at radius 3 is 3.05 bits per heavy atom. The van der Waals surface area contributed by atoms with Gasteiger partial charge in [0.05, 0.1) is 17.1 Å². The standard InChI is InChI=1S/C16H23N3O2/c17-11-12-5-3-8-15(12)21-10-4-9-19-14-7-2-1-6-13(14)18-16(19)20/h1-2,6-7,12,15H,3-5,8-11,17H2,(H,18,20). The van der Waals surface area contributed by atoms with E-state index in [1.54, 1.807) is 4.57 Å². The Kier molecular flexibility index (Phi) is 4.41. The van der Waals surface area contributed by atoms with Crippen LogP contribution in [0.2, 0.25) is 0 Å². The summed E-state index contributed by atoms with van der Waals surface area (Å²) in [7, 11) is 0. The maximum atomic E-state index is 11.9. The Bertz CT molecular complexity index is 646. The number of nitrogens with one attached hydrogen (secondary N) is 1. The van der Waals surface area contributed by atoms with Gasteiger partial charge in [-0.15, -0.1) is 0 Å². The second kappa shape index (κ2) is 6.45. The van der Waals surface area contributed by atoms with E-state index in [9.17, 15) is 4.79 Å². The van der Waals surface area contributed by atoms with Crippen molar-refractivity contribution in [2.24, 2.45) is 11.7 Å². The highest BCUT2D eigenvalue weighted by atomic mass is 16.5. The largest absolute Gasteiger partial charge is 0.378 e. The van der Waals surface area contributed by atoms with Gasteiger partial charge in [-0.25, -0.2) is 4.79 Å². The molecule has 114 valence electrons. The summed E-state index contributed by atoms with van der Waals surface area (Å²) >= 11 is 0. The van der Waals surface area contributed by atoms with Crippen LogP contribution in [0.1, 0.15) is 25.7 Å². The number of ether oxygens (including phenoxy) is 1. The molecule has 1 saturated carbocycles. The molecular formula is C16H23N3O2. The van der Waals surface area contributed by atoms with Gasteiger partial charge in [-0.2, -0.15) is 0 Å². The predicted octanol–water partition coefficient (Wildman–Crippen LogP) is 1.86. The fourth-order valence-corrected chi connectivity index (χ4v) is 3.28. The lowest BCUT2D eigenvalue weighted by Crippen LogP contribution is -2.26. The lowest BCUT2D eigenvalue weighted by molar-refractivity contribution is 0.0273. The molecule has 0 aliphatic heterocycles. The molecule has 3 N–H and O–H groups in total. The van der Waals surface area contributed by atoms with Crippen LogP contribution in [0.15, 0.2) is 29.1 Å². The Labute approximate surface area is 124 Å². The van der Waals surface area contributed by atoms with Crippen molar-refractivity contribution in [3.8, 4) is 0 Å². The zero-order valence-corrected chi connectivity index (χ0v) is 12.3. The third-order valence-electron chi connectivity index (χ3n) is 4.43. The first-order chi connectivity index (χ1) is 10.3. The number of nitrogens with zero attached hydrogens (tertiary/aromatic N) is 1. The van der Waals surface area contributed by atoms with Crippen molar-refractivity contribution >= 4 is 11.0 Å². The van der Waals surface area contributed by atoms with Gasteiger partial charge in [-0.05, 0) is 43.9 Å². The molecule has 2 atom stereocenters. The summed E-state index contributed by atoms with van der Waals surface area (Å²) in [4.78, 5) is 14.8. The van der Waals surface area contributed by atoms with Crippen molar-refractivity contribution in [2.45, 2.75) is 38.3 Å². The molecule has 1 aliphatic rings. The van der Waals surface area contributed by atoms with E-state index in [1.165, 1.54) is 12.8 Å². The molecule has 1 heterocycles. The molecule has 1 aliphatic carbocycles. The lowest BCUT2D eigenvalue weighted by atomic mass is 10.1. The molecule has 0 spiro atoms. The topological polar surface area (TPSA) is 73.0 Å². The average molecular weight is 289 g/mol. The van der Waals surface area contributed by atoms with Crippen LogP contribution >= 0.6 is 0 Å². The number of benzene rings is 1. The van der Waals surface area contributed by atoms with Crippen LogP contribution in [0.25, 0.3) is 11.0 Å². The number of hydrogen-bond acceptors (Lipinski definition) is 3. The van der Waals surface area contributed by atoms with E-state index in [0.29, 0.717) is 31.7 Å². The summed E-state index contributed by atoms with van der Waals surface area (Å²) < 4.78 is 7.74. The summed E-state index contributed by atoms with van der Waals surface area (Å²) in [5.41, 5.74) is 7.57. The zero-order valence-electron chi connectivity index (χ0n) is 12.3. The maximum Gasteiger partial charge on any atom is 0.326 e. The van der Waals surface area contributed by atoms with E-state index in [4.69, 9.17) is 10.5 Å². The minimum atomic E-state index is -0.0445. The van der Waals surface area contributed by atoms with Crippen molar-refractivity contribution in [3.63, 3.8) is 0 Å². The molecule has 3 rings (SSSR count). The van der Waals surface area contributed by atoms with Gasteiger partial charge in [0.25, 0.3) is 0 Å². The van der Waals surface area contributed by atoms with Gasteiger partial charge < -0.3 is 15.5 Å². The molecule has 1 fully saturated rings. The van der Waals surface area contributed by atoms with E-state index in [-0.39, 0.29) is 5.69 Å². The van der Waals surface area contributed by atoms with Gasteiger partial charge in [0.15, 0.2) is 0 Å². The smallest absolute Gasteiger partial charge is 0.326 e. The minimum absolute atomic E-state index is 0.0445. The zero-order chi connectivity index (χ0) is 14.7. The number of hydrogen-bond donors (Lipinski definition) is 2. The van der Waals surface area contributed by atoms with Gasteiger partial charge >= 0.3 is 5.69 Å². The normalized spacial score (nSPS) is 22.1. The fraction of sp³-hybridized carbons (Fsp3) is 0.562. The first-order valence-electron chi connectivity index (χ1n) is 7.79. The van der Waals surface area contributed by atoms with Gasteiger partial charge in [0.1, 0.15) is 0 Å². The number of aromatic amines is 1. The number of para-hydroxylation sites is 2. The number of nitrogens with two attached hydrogens (primary N) is 1. The van der Waals surface area contributed by atoms with E-state index in [2.05, 4.69) is 4.98 Å². The van der Waals surface area contributed by atoms with Crippen LogP contribution in [0.4, 0.5) is 0 Å². The number of fused-ring (bicyclic) bond motifs is 1. The highest BCUT2D eigenvalue weighted by Gasteiger charge is 2.26. The third-order valence-corrected chi connectivity index (χ3v) is 4.43. The Morgan fingerprint density at radius 1 is 1.33 bits per heavy atom. The van der Waals surface area contributed by atoms with Crippen LogP contribution in [0.5, 0.6) is 0 Å². The monoisotopic (exact) mass is 289 g/mol. The molecule has 5 nitrogen and oxygen atoms in total. The number of imidazole rings is 1. The summed E-state index contributed by atoms with van der Waals surface area (Å²) in [6, 6.07) is 7.77. The fourth-order valence-electron chi connectivity index (χ4n) is 3.28. The molecule has 0 radical (unpaired) electrons. The Balaban J connectivity index is 1.55. The van der Waals surface area contributed by atoms with Crippen LogP contribution in [-0.2, 0) is 11.3 Å². The van der Waals surface area contributed by atoms with Gasteiger partial charge in [-0.1, -0.05) is 18.6 Å². The van der Waals surface area contributed by atoms with Gasteiger partial charge in [0.2, 0.25) is 0 Å². The summed E-state index contributed by atoms with van der Waals surface area (Å²) in [6.45, 7) is 2.09. The summed E-state index contributed by atoms with van der Waals surface area (Å²) in [6.07, 6.45) is 4.68. The van der Waals surface area contributed by atoms with E-state index >= 15 is 0 Å². The second-order valence-electron chi connectivity index (χ2n) is 5.79. The molecule has 1 aromatic heterocycles. The molecular weight excluding hydrogens is 266 g/mol. The summed E-state index contributed by atoms with van der Waals surface area (Å²) in [5, 5.41) is 0. The van der Waals surface area contributed by atoms with Crippen molar-refractivity contribution in [2.75, 3.05) is 13.2 Å². The highest BCUT2D eigenvalue weighted by molar-refractivity contribution is 5.74. The minimum Gasteiger partial charge on any atom is -0.378 e. The van der Waals surface area contributed by atoms with Crippen LogP contribution < -0.4 is 11.4 Å². The van der Waals surface area contributed by atoms with Crippen molar-refractivity contribution in [1.29, 1.82) is 0 Å². The van der Waals surface area contributed by atoms with Crippen LogP contribution in [-0.4, -0.2) is 28.8 Å². The van der Waals surface area contributed by atoms with E-state index in [1.807, 2.05) is 24.3 Å². The molecule has 2 unspecified atom stereocenters. The van der Waals surface area contributed by atoms with Crippen molar-refractivity contribution in [3.05, 3.63) is 34.7 Å². The SMILES string of the molecule is NCC1CCCC1OCCCn1c(=O)[nH]c2ccccc21. The predicted molar refractivity (Wildman–Crippen MR) is 83.3 cm³/mol. The Morgan fingerprint density at radius 2 is 2.19 bits per heavy atom. The quantitative estimate of drug-likeness (QED) is 0.797. The van der Waals surface area contributed by atoms with E-state index < -0.39 is 0 Å². The molecule has 0 saturated heterocycles. The van der Waals surface area contributed by atoms with Crippen LogP contribution in [0, 0.1) is 5.92 Å². The number of H-pyrrole nitrogens is 1. The van der Waals surface area contributed by atoms with Crippen LogP contribution in [0.3, 0.4) is 0 Å². The molecule has 0 bridgehead atoms. The first-order valence-corrected chi connectivity index (χ1v) is 7.79. The number of rotatable bonds is 6. The van der Waals surface area contributed by atoms with Crippen molar-refractivity contribution in [1.82, 2.24) is 9.55 Å². The summed E-state index contributed by atoms with van der Waals surface area (Å²) in [5.74, 6) is 0.515. The maximum absolute atomic E-state index is 11.9. The third kappa shape index (κ3) is 3.04. The Hall–Kier alpha value is -1.59. The second-order valence-corrected chi connectivity index (χ2v) is 5.79. The molecule has 2 aromatic rings. The van der Waals surface area contributed by atoms with Crippen molar-refractivity contribution < 1.29 is 4.74 Å². The van der Waals surface area contributed by atoms with E-state index in [0.717, 1.165) is 23.9 Å². The average Bonchev–Trinajstić information content (AvgIpc) is 3.07. The lowest BCUT2D eigenvalue weighted by Gasteiger charge is -2.18. The van der Waals surface area contributed by atoms with Gasteiger partial charge in [0, 0.05) is 13.2 Å². The number of aryl methyl sites for hydroxylation is 1. The molecule has 0 amide bonds. The van der Waals surface area contributed by atoms with Gasteiger partial charge in [-0.3, -0.25) is 4.57 Å². The molecule has 1 aromatic carbocycles. The first kappa shape index (κ1) is 14.4. The number of aromatic nitrogens is 2.